The molecule has 3 rings (SSSR count). The molecule has 142 valence electrons. The molecule has 0 aliphatic rings. The Bertz CT molecular complexity index is 869. The highest BCUT2D eigenvalue weighted by molar-refractivity contribution is 5.93. The molecule has 0 aromatic heterocycles. The molecule has 4 N–H and O–H groups in total. The summed E-state index contributed by atoms with van der Waals surface area (Å²) >= 11 is 0. The van der Waals surface area contributed by atoms with Crippen molar-refractivity contribution in [2.24, 2.45) is 0 Å². The topological polar surface area (TPSA) is 98.7 Å². The van der Waals surface area contributed by atoms with E-state index in [4.69, 9.17) is 0 Å². The largest absolute Gasteiger partial charge is 0.508 e. The standard InChI is InChI=1S/C22H20N2O4/c25-19-9-5-17(6-10-19)23-21(27)13-15-1-2-16(4-3-15)14-22(28)24-18-7-11-20(26)12-8-18/h1-12,25-26H,13-14H2,(H,23,27)(H,24,28). The van der Waals surface area contributed by atoms with Crippen LogP contribution >= 0.6 is 0 Å². The molecule has 0 spiro atoms. The molecule has 0 radical (unpaired) electrons. The molecular formula is C22H20N2O4. The van der Waals surface area contributed by atoms with Gasteiger partial charge in [0.15, 0.2) is 0 Å². The average Bonchev–Trinajstić information content (AvgIpc) is 2.67. The highest BCUT2D eigenvalue weighted by atomic mass is 16.3. The van der Waals surface area contributed by atoms with Crippen molar-refractivity contribution >= 4 is 23.2 Å². The number of phenolic OH excluding ortho intramolecular Hbond substituents is 2. The molecule has 2 amide bonds. The third kappa shape index (κ3) is 5.60. The number of anilines is 2. The molecule has 0 fully saturated rings. The fourth-order valence-electron chi connectivity index (χ4n) is 2.65. The zero-order chi connectivity index (χ0) is 19.9. The number of nitrogens with one attached hydrogen (secondary N) is 2. The first-order valence-corrected chi connectivity index (χ1v) is 8.73. The molecule has 6 heteroatoms. The SMILES string of the molecule is O=C(Cc1ccc(CC(=O)Nc2ccc(O)cc2)cc1)Nc1ccc(O)cc1. The second kappa shape index (κ2) is 8.73. The quantitative estimate of drug-likeness (QED) is 0.495. The van der Waals surface area contributed by atoms with Gasteiger partial charge < -0.3 is 20.8 Å². The maximum Gasteiger partial charge on any atom is 0.228 e. The lowest BCUT2D eigenvalue weighted by Crippen LogP contribution is -2.15. The minimum Gasteiger partial charge on any atom is -0.508 e. The Hall–Kier alpha value is -3.80. The van der Waals surface area contributed by atoms with Crippen LogP contribution in [-0.4, -0.2) is 22.0 Å². The van der Waals surface area contributed by atoms with E-state index < -0.39 is 0 Å². The number of hydrogen-bond donors (Lipinski definition) is 4. The summed E-state index contributed by atoms with van der Waals surface area (Å²) in [6.07, 6.45) is 0.418. The van der Waals surface area contributed by atoms with Gasteiger partial charge in [0, 0.05) is 11.4 Å². The molecule has 0 saturated carbocycles. The summed E-state index contributed by atoms with van der Waals surface area (Å²) < 4.78 is 0. The Kier molecular flexibility index (Phi) is 5.91. The molecule has 0 bridgehead atoms. The Morgan fingerprint density at radius 1 is 0.571 bits per heavy atom. The molecule has 0 heterocycles. The minimum absolute atomic E-state index is 0.142. The summed E-state index contributed by atoms with van der Waals surface area (Å²) in [7, 11) is 0. The van der Waals surface area contributed by atoms with E-state index >= 15 is 0 Å². The van der Waals surface area contributed by atoms with E-state index in [-0.39, 0.29) is 36.2 Å². The lowest BCUT2D eigenvalue weighted by atomic mass is 10.1. The predicted octanol–water partition coefficient (Wildman–Crippen LogP) is 3.46. The van der Waals surface area contributed by atoms with Crippen LogP contribution in [0.25, 0.3) is 0 Å². The monoisotopic (exact) mass is 376 g/mol. The molecular weight excluding hydrogens is 356 g/mol. The molecule has 3 aromatic rings. The van der Waals surface area contributed by atoms with Crippen molar-refractivity contribution in [1.82, 2.24) is 0 Å². The van der Waals surface area contributed by atoms with Gasteiger partial charge in [-0.25, -0.2) is 0 Å². The summed E-state index contributed by atoms with van der Waals surface area (Å²) in [5.74, 6) is -0.0434. The highest BCUT2D eigenvalue weighted by Gasteiger charge is 2.07. The number of carbonyl (C=O) groups excluding carboxylic acids is 2. The Morgan fingerprint density at radius 3 is 1.21 bits per heavy atom. The van der Waals surface area contributed by atoms with Gasteiger partial charge in [-0.2, -0.15) is 0 Å². The fraction of sp³-hybridized carbons (Fsp3) is 0.0909. The number of amides is 2. The zero-order valence-corrected chi connectivity index (χ0v) is 15.1. The van der Waals surface area contributed by atoms with E-state index in [9.17, 15) is 19.8 Å². The smallest absolute Gasteiger partial charge is 0.228 e. The van der Waals surface area contributed by atoms with E-state index in [0.717, 1.165) is 11.1 Å². The lowest BCUT2D eigenvalue weighted by Gasteiger charge is -2.07. The van der Waals surface area contributed by atoms with Crippen LogP contribution in [-0.2, 0) is 22.4 Å². The molecule has 0 aliphatic carbocycles. The summed E-state index contributed by atoms with van der Waals surface area (Å²) in [5.41, 5.74) is 2.90. The second-order valence-corrected chi connectivity index (χ2v) is 6.36. The van der Waals surface area contributed by atoms with E-state index in [0.29, 0.717) is 11.4 Å². The number of rotatable bonds is 6. The number of carbonyl (C=O) groups is 2. The van der Waals surface area contributed by atoms with Gasteiger partial charge in [0.25, 0.3) is 0 Å². The fourth-order valence-corrected chi connectivity index (χ4v) is 2.65. The molecule has 0 unspecified atom stereocenters. The maximum atomic E-state index is 12.1. The average molecular weight is 376 g/mol. The number of benzene rings is 3. The van der Waals surface area contributed by atoms with Crippen LogP contribution in [0.5, 0.6) is 11.5 Å². The Balaban J connectivity index is 1.51. The van der Waals surface area contributed by atoms with Crippen LogP contribution in [0, 0.1) is 0 Å². The van der Waals surface area contributed by atoms with Crippen LogP contribution in [0.3, 0.4) is 0 Å². The Morgan fingerprint density at radius 2 is 0.893 bits per heavy atom. The van der Waals surface area contributed by atoms with Gasteiger partial charge in [0.1, 0.15) is 11.5 Å². The van der Waals surface area contributed by atoms with Crippen LogP contribution in [0.15, 0.2) is 72.8 Å². The number of aromatic hydroxyl groups is 2. The van der Waals surface area contributed by atoms with Crippen molar-refractivity contribution < 1.29 is 19.8 Å². The minimum atomic E-state index is -0.163. The van der Waals surface area contributed by atoms with Gasteiger partial charge in [0.2, 0.25) is 11.8 Å². The molecule has 6 nitrogen and oxygen atoms in total. The van der Waals surface area contributed by atoms with E-state index in [1.165, 1.54) is 24.3 Å². The van der Waals surface area contributed by atoms with Crippen LogP contribution in [0.1, 0.15) is 11.1 Å². The van der Waals surface area contributed by atoms with Crippen LogP contribution in [0.2, 0.25) is 0 Å². The number of phenols is 2. The van der Waals surface area contributed by atoms with Gasteiger partial charge in [-0.1, -0.05) is 24.3 Å². The van der Waals surface area contributed by atoms with Gasteiger partial charge in [-0.05, 0) is 59.7 Å². The molecule has 0 saturated heterocycles. The van der Waals surface area contributed by atoms with E-state index in [1.54, 1.807) is 24.3 Å². The summed E-state index contributed by atoms with van der Waals surface area (Å²) in [6, 6.07) is 19.8. The van der Waals surface area contributed by atoms with Crippen molar-refractivity contribution in [1.29, 1.82) is 0 Å². The molecule has 0 aliphatic heterocycles. The first-order chi connectivity index (χ1) is 13.5. The summed E-state index contributed by atoms with van der Waals surface area (Å²) in [5, 5.41) is 24.0. The van der Waals surface area contributed by atoms with E-state index in [1.807, 2.05) is 24.3 Å². The van der Waals surface area contributed by atoms with Gasteiger partial charge in [-0.3, -0.25) is 9.59 Å². The van der Waals surface area contributed by atoms with Gasteiger partial charge in [-0.15, -0.1) is 0 Å². The summed E-state index contributed by atoms with van der Waals surface area (Å²) in [6.45, 7) is 0. The van der Waals surface area contributed by atoms with Gasteiger partial charge in [0.05, 0.1) is 12.8 Å². The van der Waals surface area contributed by atoms with Crippen LogP contribution < -0.4 is 10.6 Å². The van der Waals surface area contributed by atoms with Crippen LogP contribution in [0.4, 0.5) is 11.4 Å². The third-order valence-corrected chi connectivity index (χ3v) is 4.05. The predicted molar refractivity (Wildman–Crippen MR) is 107 cm³/mol. The van der Waals surface area contributed by atoms with Crippen molar-refractivity contribution in [3.05, 3.63) is 83.9 Å². The van der Waals surface area contributed by atoms with Crippen molar-refractivity contribution in [2.45, 2.75) is 12.8 Å². The highest BCUT2D eigenvalue weighted by Crippen LogP contribution is 2.16. The van der Waals surface area contributed by atoms with E-state index in [2.05, 4.69) is 10.6 Å². The lowest BCUT2D eigenvalue weighted by molar-refractivity contribution is -0.116. The second-order valence-electron chi connectivity index (χ2n) is 6.36. The zero-order valence-electron chi connectivity index (χ0n) is 15.1. The van der Waals surface area contributed by atoms with Crippen molar-refractivity contribution in [3.8, 4) is 11.5 Å². The van der Waals surface area contributed by atoms with Gasteiger partial charge >= 0.3 is 0 Å². The van der Waals surface area contributed by atoms with Crippen molar-refractivity contribution in [2.75, 3.05) is 10.6 Å². The third-order valence-electron chi connectivity index (χ3n) is 4.05. The molecule has 3 aromatic carbocycles. The Labute approximate surface area is 162 Å². The first-order valence-electron chi connectivity index (χ1n) is 8.73. The maximum absolute atomic E-state index is 12.1. The molecule has 0 atom stereocenters. The van der Waals surface area contributed by atoms with Crippen molar-refractivity contribution in [3.63, 3.8) is 0 Å². The number of hydrogen-bond acceptors (Lipinski definition) is 4. The first kappa shape index (κ1) is 19.0. The molecule has 28 heavy (non-hydrogen) atoms. The normalized spacial score (nSPS) is 10.3. The summed E-state index contributed by atoms with van der Waals surface area (Å²) in [4.78, 5) is 24.2.